The van der Waals surface area contributed by atoms with E-state index in [-0.39, 0.29) is 5.91 Å². The van der Waals surface area contributed by atoms with Gasteiger partial charge in [-0.3, -0.25) is 4.79 Å². The number of carbonyl (C=O) groups is 1. The number of aromatic nitrogens is 2. The van der Waals surface area contributed by atoms with Crippen molar-refractivity contribution in [2.24, 2.45) is 0 Å². The Hall–Kier alpha value is -3.41. The summed E-state index contributed by atoms with van der Waals surface area (Å²) in [6.07, 6.45) is 2.19. The van der Waals surface area contributed by atoms with Gasteiger partial charge in [-0.05, 0) is 36.2 Å². The van der Waals surface area contributed by atoms with Gasteiger partial charge < -0.3 is 15.4 Å². The lowest BCUT2D eigenvalue weighted by molar-refractivity contribution is 0.102. The smallest absolute Gasteiger partial charge is 0.274 e. The highest BCUT2D eigenvalue weighted by Crippen LogP contribution is 2.13. The molecule has 0 radical (unpaired) electrons. The number of hydrogen-bond acceptors (Lipinski definition) is 5. The second kappa shape index (κ2) is 8.62. The molecule has 0 unspecified atom stereocenters. The fourth-order valence-electron chi connectivity index (χ4n) is 2.46. The zero-order valence-corrected chi connectivity index (χ0v) is 14.5. The predicted molar refractivity (Wildman–Crippen MR) is 102 cm³/mol. The number of nitrogens with one attached hydrogen (secondary N) is 2. The molecule has 0 spiro atoms. The van der Waals surface area contributed by atoms with Crippen molar-refractivity contribution in [2.75, 3.05) is 24.3 Å². The van der Waals surface area contributed by atoms with Gasteiger partial charge in [0, 0.05) is 18.3 Å². The highest BCUT2D eigenvalue weighted by Gasteiger charge is 2.09. The minimum absolute atomic E-state index is 0.269. The van der Waals surface area contributed by atoms with Crippen molar-refractivity contribution in [1.82, 2.24) is 9.97 Å². The monoisotopic (exact) mass is 348 g/mol. The summed E-state index contributed by atoms with van der Waals surface area (Å²) in [4.78, 5) is 20.5. The number of hydrogen-bond donors (Lipinski definition) is 2. The van der Waals surface area contributed by atoms with Gasteiger partial charge in [0.1, 0.15) is 23.6 Å². The molecule has 0 bridgehead atoms. The number of anilines is 2. The number of carbonyl (C=O) groups excluding carboxylic acids is 1. The summed E-state index contributed by atoms with van der Waals surface area (Å²) in [6, 6.07) is 18.8. The van der Waals surface area contributed by atoms with Crippen LogP contribution in [0.15, 0.2) is 67.0 Å². The van der Waals surface area contributed by atoms with Crippen LogP contribution in [0.5, 0.6) is 5.75 Å². The summed E-state index contributed by atoms with van der Waals surface area (Å²) in [5.41, 5.74) is 2.20. The normalized spacial score (nSPS) is 10.2. The highest BCUT2D eigenvalue weighted by molar-refractivity contribution is 6.03. The minimum Gasteiger partial charge on any atom is -0.497 e. The molecule has 3 aromatic rings. The molecule has 0 aliphatic carbocycles. The Labute approximate surface area is 152 Å². The number of rotatable bonds is 7. The summed E-state index contributed by atoms with van der Waals surface area (Å²) in [6.45, 7) is 0.684. The fraction of sp³-hybridized carbons (Fsp3) is 0.150. The van der Waals surface area contributed by atoms with E-state index in [9.17, 15) is 4.79 Å². The van der Waals surface area contributed by atoms with Crippen LogP contribution in [0.25, 0.3) is 0 Å². The van der Waals surface area contributed by atoms with E-state index < -0.39 is 0 Å². The van der Waals surface area contributed by atoms with Crippen LogP contribution in [0.2, 0.25) is 0 Å². The van der Waals surface area contributed by atoms with Gasteiger partial charge >= 0.3 is 0 Å². The maximum Gasteiger partial charge on any atom is 0.274 e. The molecule has 132 valence electrons. The lowest BCUT2D eigenvalue weighted by Gasteiger charge is -2.08. The first kappa shape index (κ1) is 17.4. The summed E-state index contributed by atoms with van der Waals surface area (Å²) >= 11 is 0. The van der Waals surface area contributed by atoms with E-state index >= 15 is 0 Å². The molecule has 1 heterocycles. The summed E-state index contributed by atoms with van der Waals surface area (Å²) in [5, 5.41) is 6.03. The van der Waals surface area contributed by atoms with Crippen LogP contribution in [0.3, 0.4) is 0 Å². The standard InChI is InChI=1S/C20H20N4O2/c1-26-17-9-5-6-15(12-17)10-11-21-19-13-18(22-14-23-19)20(25)24-16-7-3-2-4-8-16/h2-9,12-14H,10-11H2,1H3,(H,24,25)(H,21,22,23). The molecule has 0 saturated carbocycles. The number of ether oxygens (including phenoxy) is 1. The van der Waals surface area contributed by atoms with Gasteiger partial charge in [0.15, 0.2) is 0 Å². The van der Waals surface area contributed by atoms with Crippen molar-refractivity contribution in [3.8, 4) is 5.75 Å². The zero-order valence-electron chi connectivity index (χ0n) is 14.5. The molecule has 2 N–H and O–H groups in total. The third kappa shape index (κ3) is 4.80. The lowest BCUT2D eigenvalue weighted by Crippen LogP contribution is -2.15. The average Bonchev–Trinajstić information content (AvgIpc) is 2.69. The maximum absolute atomic E-state index is 12.3. The molecule has 0 aliphatic heterocycles. The van der Waals surface area contributed by atoms with Crippen LogP contribution in [0.4, 0.5) is 11.5 Å². The Morgan fingerprint density at radius 2 is 1.88 bits per heavy atom. The second-order valence-corrected chi connectivity index (χ2v) is 5.64. The highest BCUT2D eigenvalue weighted by atomic mass is 16.5. The third-order valence-corrected chi connectivity index (χ3v) is 3.79. The van der Waals surface area contributed by atoms with Crippen LogP contribution in [0, 0.1) is 0 Å². The van der Waals surface area contributed by atoms with Gasteiger partial charge in [0.25, 0.3) is 5.91 Å². The van der Waals surface area contributed by atoms with Gasteiger partial charge in [-0.15, -0.1) is 0 Å². The lowest BCUT2D eigenvalue weighted by atomic mass is 10.1. The molecule has 6 heteroatoms. The van der Waals surface area contributed by atoms with E-state index in [0.29, 0.717) is 18.1 Å². The molecule has 1 amide bonds. The number of methoxy groups -OCH3 is 1. The van der Waals surface area contributed by atoms with Crippen molar-refractivity contribution >= 4 is 17.4 Å². The topological polar surface area (TPSA) is 76.1 Å². The number of para-hydroxylation sites is 1. The van der Waals surface area contributed by atoms with Crippen LogP contribution < -0.4 is 15.4 Å². The Kier molecular flexibility index (Phi) is 5.77. The molecular formula is C20H20N4O2. The molecular weight excluding hydrogens is 328 g/mol. The van der Waals surface area contributed by atoms with Crippen LogP contribution in [0.1, 0.15) is 16.1 Å². The largest absolute Gasteiger partial charge is 0.497 e. The first-order chi connectivity index (χ1) is 12.7. The molecule has 0 fully saturated rings. The number of nitrogens with zero attached hydrogens (tertiary/aromatic N) is 2. The van der Waals surface area contributed by atoms with Crippen molar-refractivity contribution < 1.29 is 9.53 Å². The van der Waals surface area contributed by atoms with Crippen molar-refractivity contribution in [1.29, 1.82) is 0 Å². The number of benzene rings is 2. The average molecular weight is 348 g/mol. The second-order valence-electron chi connectivity index (χ2n) is 5.64. The Morgan fingerprint density at radius 1 is 1.04 bits per heavy atom. The van der Waals surface area contributed by atoms with E-state index in [1.165, 1.54) is 6.33 Å². The molecule has 26 heavy (non-hydrogen) atoms. The van der Waals surface area contributed by atoms with Crippen LogP contribution >= 0.6 is 0 Å². The molecule has 0 atom stereocenters. The van der Waals surface area contributed by atoms with Gasteiger partial charge in [0.2, 0.25) is 0 Å². The molecule has 3 rings (SSSR count). The van der Waals surface area contributed by atoms with E-state index in [4.69, 9.17) is 4.74 Å². The molecule has 6 nitrogen and oxygen atoms in total. The minimum atomic E-state index is -0.269. The Bertz CT molecular complexity index is 868. The maximum atomic E-state index is 12.3. The Morgan fingerprint density at radius 3 is 2.69 bits per heavy atom. The summed E-state index contributed by atoms with van der Waals surface area (Å²) in [5.74, 6) is 1.18. The van der Waals surface area contributed by atoms with Gasteiger partial charge in [-0.2, -0.15) is 0 Å². The Balaban J connectivity index is 1.57. The van der Waals surface area contributed by atoms with Gasteiger partial charge in [-0.1, -0.05) is 30.3 Å². The van der Waals surface area contributed by atoms with Crippen LogP contribution in [-0.2, 0) is 6.42 Å². The summed E-state index contributed by atoms with van der Waals surface area (Å²) < 4.78 is 5.22. The van der Waals surface area contributed by atoms with Crippen molar-refractivity contribution in [3.05, 3.63) is 78.2 Å². The zero-order chi connectivity index (χ0) is 18.2. The van der Waals surface area contributed by atoms with Gasteiger partial charge in [-0.25, -0.2) is 9.97 Å². The SMILES string of the molecule is COc1cccc(CCNc2cc(C(=O)Nc3ccccc3)ncn2)c1. The quantitative estimate of drug-likeness (QED) is 0.684. The van der Waals surface area contributed by atoms with E-state index in [2.05, 4.69) is 20.6 Å². The molecule has 0 aliphatic rings. The molecule has 1 aromatic heterocycles. The summed E-state index contributed by atoms with van der Waals surface area (Å²) in [7, 11) is 1.65. The first-order valence-corrected chi connectivity index (χ1v) is 8.30. The van der Waals surface area contributed by atoms with Gasteiger partial charge in [0.05, 0.1) is 7.11 Å². The van der Waals surface area contributed by atoms with Crippen molar-refractivity contribution in [3.63, 3.8) is 0 Å². The van der Waals surface area contributed by atoms with Crippen molar-refractivity contribution in [2.45, 2.75) is 6.42 Å². The van der Waals surface area contributed by atoms with Crippen LogP contribution in [-0.4, -0.2) is 29.5 Å². The van der Waals surface area contributed by atoms with E-state index in [1.807, 2.05) is 54.6 Å². The number of amides is 1. The van der Waals surface area contributed by atoms with E-state index in [0.717, 1.165) is 23.4 Å². The fourth-order valence-corrected chi connectivity index (χ4v) is 2.46. The third-order valence-electron chi connectivity index (χ3n) is 3.79. The predicted octanol–water partition coefficient (Wildman–Crippen LogP) is 3.39. The molecule has 2 aromatic carbocycles. The first-order valence-electron chi connectivity index (χ1n) is 8.30. The molecule has 0 saturated heterocycles. The van der Waals surface area contributed by atoms with E-state index in [1.54, 1.807) is 13.2 Å².